The number of ether oxygens (including phenoxy) is 5. The van der Waals surface area contributed by atoms with Gasteiger partial charge in [-0.25, -0.2) is 9.37 Å². The Labute approximate surface area is 262 Å². The molecule has 8 nitrogen and oxygen atoms in total. The molecule has 2 N–H and O–H groups in total. The van der Waals surface area contributed by atoms with Crippen molar-refractivity contribution in [2.75, 3.05) is 38.1 Å². The van der Waals surface area contributed by atoms with E-state index in [4.69, 9.17) is 34.4 Å². The van der Waals surface area contributed by atoms with Gasteiger partial charge in [0.1, 0.15) is 24.1 Å². The van der Waals surface area contributed by atoms with Crippen LogP contribution in [0, 0.1) is 5.82 Å². The molecule has 0 saturated carbocycles. The lowest BCUT2D eigenvalue weighted by atomic mass is 10.0. The van der Waals surface area contributed by atoms with E-state index in [1.54, 1.807) is 17.8 Å². The highest BCUT2D eigenvalue weighted by Gasteiger charge is 2.47. The van der Waals surface area contributed by atoms with Gasteiger partial charge in [0.25, 0.3) is 0 Å². The lowest BCUT2D eigenvalue weighted by Crippen LogP contribution is -2.51. The predicted molar refractivity (Wildman–Crippen MR) is 172 cm³/mol. The van der Waals surface area contributed by atoms with Crippen molar-refractivity contribution in [3.8, 4) is 28.3 Å². The molecule has 3 saturated heterocycles. The van der Waals surface area contributed by atoms with Gasteiger partial charge in [0.15, 0.2) is 23.6 Å². The zero-order valence-corrected chi connectivity index (χ0v) is 26.4. The second kappa shape index (κ2) is 13.1. The number of rotatable bonds is 5. The van der Waals surface area contributed by atoms with Gasteiger partial charge in [-0.3, -0.25) is 4.57 Å². The van der Waals surface area contributed by atoms with Gasteiger partial charge in [-0.2, -0.15) is 11.8 Å². The molecule has 3 unspecified atom stereocenters. The van der Waals surface area contributed by atoms with Crippen molar-refractivity contribution >= 4 is 28.5 Å². The van der Waals surface area contributed by atoms with E-state index in [1.807, 2.05) is 85.5 Å². The van der Waals surface area contributed by atoms with Crippen LogP contribution in [0.3, 0.4) is 0 Å². The van der Waals surface area contributed by atoms with E-state index in [2.05, 4.69) is 0 Å². The number of nitrogens with two attached hydrogens (primary N) is 1. The van der Waals surface area contributed by atoms with Crippen LogP contribution >= 0.6 is 11.8 Å². The van der Waals surface area contributed by atoms with E-state index in [-0.39, 0.29) is 30.2 Å². The molecular formula is C34H40FN3O5S. The van der Waals surface area contributed by atoms with Gasteiger partial charge in [0, 0.05) is 30.0 Å². The Balaban J connectivity index is 0.00000110. The topological polar surface area (TPSA) is 90.0 Å². The molecule has 0 bridgehead atoms. The molecule has 0 aliphatic carbocycles. The van der Waals surface area contributed by atoms with Gasteiger partial charge in [0.05, 0.1) is 24.2 Å². The van der Waals surface area contributed by atoms with Crippen LogP contribution < -0.4 is 10.5 Å². The minimum atomic E-state index is -0.724. The second-order valence-electron chi connectivity index (χ2n) is 11.8. The number of pyridine rings is 1. The second-order valence-corrected chi connectivity index (χ2v) is 12.6. The number of anilines is 1. The average molecular weight is 622 g/mol. The van der Waals surface area contributed by atoms with Crippen LogP contribution in [0.15, 0.2) is 60.7 Å². The predicted octanol–water partition coefficient (Wildman–Crippen LogP) is 7.07. The number of aromatic nitrogens is 2. The Morgan fingerprint density at radius 2 is 1.64 bits per heavy atom. The molecular weight excluding hydrogens is 581 g/mol. The summed E-state index contributed by atoms with van der Waals surface area (Å²) in [7, 11) is 0. The highest BCUT2D eigenvalue weighted by atomic mass is 32.2. The van der Waals surface area contributed by atoms with Crippen molar-refractivity contribution in [1.82, 2.24) is 9.55 Å². The van der Waals surface area contributed by atoms with E-state index in [0.29, 0.717) is 48.0 Å². The lowest BCUT2D eigenvalue weighted by molar-refractivity contribution is -0.299. The summed E-state index contributed by atoms with van der Waals surface area (Å²) in [5.41, 5.74) is 10.8. The molecule has 3 aliphatic heterocycles. The molecule has 0 spiro atoms. The lowest BCUT2D eigenvalue weighted by Gasteiger charge is -2.38. The highest BCUT2D eigenvalue weighted by Crippen LogP contribution is 2.39. The first kappa shape index (κ1) is 30.9. The number of halogens is 1. The summed E-state index contributed by atoms with van der Waals surface area (Å²) < 4.78 is 48.3. The number of nitrogens with zero attached hydrogens (tertiary/aromatic N) is 2. The fourth-order valence-electron chi connectivity index (χ4n) is 5.95. The quantitative estimate of drug-likeness (QED) is 0.237. The first-order chi connectivity index (χ1) is 21.3. The first-order valence-corrected chi connectivity index (χ1v) is 16.7. The summed E-state index contributed by atoms with van der Waals surface area (Å²) in [5, 5.41) is 0. The summed E-state index contributed by atoms with van der Waals surface area (Å²) in [6.07, 6.45) is 5.81. The van der Waals surface area contributed by atoms with Gasteiger partial charge < -0.3 is 29.4 Å². The molecule has 5 heterocycles. The van der Waals surface area contributed by atoms with Crippen molar-refractivity contribution < 1.29 is 28.1 Å². The minimum Gasteiger partial charge on any atom is -0.470 e. The van der Waals surface area contributed by atoms with Gasteiger partial charge in [0.2, 0.25) is 0 Å². The van der Waals surface area contributed by atoms with E-state index in [1.165, 1.54) is 0 Å². The molecule has 0 radical (unpaired) electrons. The standard InChI is InChI=1S/C32H34FN3O5.C2H6S/c1-32(2)39-18-26-31(41-32)27(17-38-26)40-29-16-24-25(36(29)28-5-3-4-14-37-28)15-23(33)30(35-24)21-8-6-19(7-9-21)20-10-12-22(34)13-11-20;1-3-2/h6-13,15-16,26-28,31H,3-5,14,17-18,34H2,1-2H3;1-2H3/t26?,27?,28?,31-;/m0./s1. The molecule has 10 heteroatoms. The fourth-order valence-corrected chi connectivity index (χ4v) is 5.95. The summed E-state index contributed by atoms with van der Waals surface area (Å²) in [4.78, 5) is 4.78. The smallest absolute Gasteiger partial charge is 0.198 e. The zero-order chi connectivity index (χ0) is 30.8. The van der Waals surface area contributed by atoms with Crippen molar-refractivity contribution in [3.05, 3.63) is 66.5 Å². The van der Waals surface area contributed by atoms with E-state index >= 15 is 4.39 Å². The molecule has 3 fully saturated rings. The number of hydrogen-bond donors (Lipinski definition) is 1. The van der Waals surface area contributed by atoms with Crippen LogP contribution in [-0.2, 0) is 18.9 Å². The Bertz CT molecular complexity index is 1570. The summed E-state index contributed by atoms with van der Waals surface area (Å²) in [6.45, 7) is 5.24. The molecule has 2 aromatic heterocycles. The van der Waals surface area contributed by atoms with E-state index in [9.17, 15) is 0 Å². The van der Waals surface area contributed by atoms with E-state index < -0.39 is 11.6 Å². The molecule has 234 valence electrons. The van der Waals surface area contributed by atoms with Gasteiger partial charge >= 0.3 is 0 Å². The Morgan fingerprint density at radius 3 is 2.32 bits per heavy atom. The van der Waals surface area contributed by atoms with Gasteiger partial charge in [-0.05, 0) is 68.9 Å². The zero-order valence-electron chi connectivity index (χ0n) is 25.6. The molecule has 3 aliphatic rings. The molecule has 4 aromatic rings. The fraction of sp³-hybridized carbons (Fsp3) is 0.441. The van der Waals surface area contributed by atoms with Gasteiger partial charge in [-0.1, -0.05) is 36.4 Å². The third kappa shape index (κ3) is 6.46. The third-order valence-electron chi connectivity index (χ3n) is 8.08. The monoisotopic (exact) mass is 621 g/mol. The van der Waals surface area contributed by atoms with Crippen molar-refractivity contribution in [3.63, 3.8) is 0 Å². The molecule has 4 atom stereocenters. The van der Waals surface area contributed by atoms with Crippen LogP contribution in [0.5, 0.6) is 5.88 Å². The summed E-state index contributed by atoms with van der Waals surface area (Å²) in [5.74, 6) is -0.561. The van der Waals surface area contributed by atoms with Crippen LogP contribution in [0.4, 0.5) is 10.1 Å². The number of fused-ring (bicyclic) bond motifs is 2. The molecule has 44 heavy (non-hydrogen) atoms. The highest BCUT2D eigenvalue weighted by molar-refractivity contribution is 7.97. The maximum atomic E-state index is 15.7. The number of nitrogen functional groups attached to an aromatic ring is 1. The Hall–Kier alpha value is -3.15. The largest absolute Gasteiger partial charge is 0.470 e. The Morgan fingerprint density at radius 1 is 0.955 bits per heavy atom. The van der Waals surface area contributed by atoms with Crippen molar-refractivity contribution in [2.45, 2.75) is 63.4 Å². The third-order valence-corrected chi connectivity index (χ3v) is 8.08. The summed E-state index contributed by atoms with van der Waals surface area (Å²) >= 11 is 1.75. The SMILES string of the molecule is CC1(C)OCC2OCC(Oc3cc4nc(-c5ccc(-c6ccc(N)cc6)cc5)c(F)cc4n3C3CCCCO3)[C@H]2O1.CSC. The molecule has 2 aromatic carbocycles. The normalized spacial score (nSPS) is 24.4. The summed E-state index contributed by atoms with van der Waals surface area (Å²) in [6, 6.07) is 18.8. The van der Waals surface area contributed by atoms with Crippen LogP contribution in [0.2, 0.25) is 0 Å². The van der Waals surface area contributed by atoms with Crippen molar-refractivity contribution in [1.29, 1.82) is 0 Å². The average Bonchev–Trinajstić information content (AvgIpc) is 3.57. The number of thioether (sulfide) groups is 1. The maximum Gasteiger partial charge on any atom is 0.198 e. The number of benzene rings is 2. The van der Waals surface area contributed by atoms with Crippen LogP contribution in [0.25, 0.3) is 33.4 Å². The van der Waals surface area contributed by atoms with Gasteiger partial charge in [-0.15, -0.1) is 0 Å². The van der Waals surface area contributed by atoms with Crippen LogP contribution in [0.1, 0.15) is 39.3 Å². The molecule has 7 rings (SSSR count). The van der Waals surface area contributed by atoms with E-state index in [0.717, 1.165) is 30.4 Å². The van der Waals surface area contributed by atoms with Crippen molar-refractivity contribution in [2.24, 2.45) is 0 Å². The Kier molecular flexibility index (Phi) is 9.16. The minimum absolute atomic E-state index is 0.199. The number of hydrogen-bond acceptors (Lipinski definition) is 8. The first-order valence-electron chi connectivity index (χ1n) is 15.1. The maximum absolute atomic E-state index is 15.7. The molecule has 0 amide bonds. The van der Waals surface area contributed by atoms with Crippen LogP contribution in [-0.4, -0.2) is 66.0 Å².